The molecule has 1 aliphatic rings. The molecular formula is C19H18F2N4O. The van der Waals surface area contributed by atoms with Gasteiger partial charge in [-0.05, 0) is 36.7 Å². The summed E-state index contributed by atoms with van der Waals surface area (Å²) in [4.78, 5) is 11.5. The van der Waals surface area contributed by atoms with Gasteiger partial charge in [0.25, 0.3) is 5.91 Å². The van der Waals surface area contributed by atoms with Crippen LogP contribution in [0.15, 0.2) is 42.6 Å². The van der Waals surface area contributed by atoms with Gasteiger partial charge in [0.05, 0.1) is 5.56 Å². The molecule has 0 spiro atoms. The first-order valence-corrected chi connectivity index (χ1v) is 8.47. The van der Waals surface area contributed by atoms with Gasteiger partial charge in [-0.1, -0.05) is 18.2 Å². The van der Waals surface area contributed by atoms with Gasteiger partial charge in [0.2, 0.25) is 0 Å². The van der Waals surface area contributed by atoms with Gasteiger partial charge >= 0.3 is 0 Å². The van der Waals surface area contributed by atoms with Crippen LogP contribution in [0.3, 0.4) is 0 Å². The Morgan fingerprint density at radius 2 is 2.15 bits per heavy atom. The molecule has 134 valence electrons. The summed E-state index contributed by atoms with van der Waals surface area (Å²) in [7, 11) is 0. The number of primary amides is 1. The molecule has 26 heavy (non-hydrogen) atoms. The second-order valence-electron chi connectivity index (χ2n) is 6.51. The monoisotopic (exact) mass is 356 g/mol. The molecule has 0 unspecified atom stereocenters. The van der Waals surface area contributed by atoms with Crippen LogP contribution in [0, 0.1) is 5.82 Å². The molecule has 1 aromatic heterocycles. The number of carbonyl (C=O) groups is 1. The van der Waals surface area contributed by atoms with Crippen LogP contribution in [0.2, 0.25) is 0 Å². The van der Waals surface area contributed by atoms with Crippen molar-refractivity contribution in [2.75, 3.05) is 13.1 Å². The summed E-state index contributed by atoms with van der Waals surface area (Å²) in [6.45, 7) is 1.13. The molecule has 7 heteroatoms. The van der Waals surface area contributed by atoms with E-state index in [2.05, 4.69) is 10.4 Å². The number of nitrogens with two attached hydrogens (primary N) is 1. The second-order valence-corrected chi connectivity index (χ2v) is 6.51. The predicted molar refractivity (Wildman–Crippen MR) is 94.7 cm³/mol. The molecule has 1 saturated heterocycles. The van der Waals surface area contributed by atoms with Gasteiger partial charge in [-0.2, -0.15) is 5.10 Å². The zero-order chi connectivity index (χ0) is 18.3. The number of aromatic nitrogens is 2. The van der Waals surface area contributed by atoms with E-state index in [1.807, 2.05) is 0 Å². The molecule has 2 aromatic carbocycles. The van der Waals surface area contributed by atoms with Crippen molar-refractivity contribution in [3.63, 3.8) is 0 Å². The van der Waals surface area contributed by atoms with Crippen LogP contribution in [0.25, 0.3) is 16.6 Å². The van der Waals surface area contributed by atoms with Crippen LogP contribution in [-0.4, -0.2) is 34.9 Å². The van der Waals surface area contributed by atoms with Crippen molar-refractivity contribution >= 4 is 16.8 Å². The normalized spacial score (nSPS) is 20.4. The lowest BCUT2D eigenvalue weighted by atomic mass is 9.90. The van der Waals surface area contributed by atoms with E-state index in [4.69, 9.17) is 5.73 Å². The van der Waals surface area contributed by atoms with Crippen molar-refractivity contribution in [2.24, 2.45) is 5.73 Å². The topological polar surface area (TPSA) is 72.9 Å². The van der Waals surface area contributed by atoms with E-state index in [-0.39, 0.29) is 17.2 Å². The van der Waals surface area contributed by atoms with Gasteiger partial charge in [-0.15, -0.1) is 0 Å². The average Bonchev–Trinajstić information content (AvgIpc) is 3.05. The molecule has 3 aromatic rings. The molecule has 0 aliphatic carbocycles. The third-order valence-electron chi connectivity index (χ3n) is 4.85. The molecule has 2 heterocycles. The quantitative estimate of drug-likeness (QED) is 0.758. The Kier molecular flexibility index (Phi) is 4.16. The Hall–Kier alpha value is -2.80. The molecule has 4 rings (SSSR count). The highest BCUT2D eigenvalue weighted by molar-refractivity contribution is 6.04. The van der Waals surface area contributed by atoms with Crippen molar-refractivity contribution in [3.05, 3.63) is 59.5 Å². The second kappa shape index (κ2) is 6.49. The third kappa shape index (κ3) is 2.84. The first-order chi connectivity index (χ1) is 12.5. The molecule has 1 amide bonds. The minimum absolute atomic E-state index is 0.236. The number of hydrogen-bond donors (Lipinski definition) is 2. The van der Waals surface area contributed by atoms with E-state index < -0.39 is 17.9 Å². The molecule has 0 saturated carbocycles. The Balaban J connectivity index is 1.73. The summed E-state index contributed by atoms with van der Waals surface area (Å²) < 4.78 is 30.2. The maximum atomic E-state index is 14.7. The Labute approximate surface area is 148 Å². The van der Waals surface area contributed by atoms with E-state index in [1.165, 1.54) is 10.7 Å². The molecule has 1 fully saturated rings. The van der Waals surface area contributed by atoms with Crippen LogP contribution in [-0.2, 0) is 0 Å². The number of carbonyl (C=O) groups excluding carboxylic acids is 1. The van der Waals surface area contributed by atoms with Crippen molar-refractivity contribution in [1.82, 2.24) is 15.1 Å². The predicted octanol–water partition coefficient (Wildman–Crippen LogP) is 2.68. The Morgan fingerprint density at radius 3 is 2.88 bits per heavy atom. The minimum Gasteiger partial charge on any atom is -0.366 e. The standard InChI is InChI=1S/C19H18F2N4O/c20-15-6-7-23-9-14(15)11-4-5-17(16(21)8-11)25-10-12-2-1-3-13(19(22)26)18(12)24-25/h1-5,8,10,14-15,23H,6-7,9H2,(H2,22,26)/t14-,15+/m0/s1. The van der Waals surface area contributed by atoms with Crippen molar-refractivity contribution in [3.8, 4) is 5.69 Å². The van der Waals surface area contributed by atoms with E-state index >= 15 is 0 Å². The number of fused-ring (bicyclic) bond motifs is 1. The molecule has 1 aliphatic heterocycles. The van der Waals surface area contributed by atoms with Crippen molar-refractivity contribution in [2.45, 2.75) is 18.5 Å². The maximum Gasteiger partial charge on any atom is 0.250 e. The zero-order valence-electron chi connectivity index (χ0n) is 14.0. The number of amides is 1. The molecular weight excluding hydrogens is 338 g/mol. The summed E-state index contributed by atoms with van der Waals surface area (Å²) in [5, 5.41) is 8.14. The Morgan fingerprint density at radius 1 is 1.31 bits per heavy atom. The fraction of sp³-hybridized carbons (Fsp3) is 0.263. The van der Waals surface area contributed by atoms with Crippen LogP contribution < -0.4 is 11.1 Å². The molecule has 2 atom stereocenters. The summed E-state index contributed by atoms with van der Waals surface area (Å²) in [6.07, 6.45) is 1.08. The highest BCUT2D eigenvalue weighted by atomic mass is 19.1. The smallest absolute Gasteiger partial charge is 0.250 e. The molecule has 0 radical (unpaired) electrons. The van der Waals surface area contributed by atoms with Gasteiger partial charge in [0, 0.05) is 24.0 Å². The number of halogens is 2. The van der Waals surface area contributed by atoms with Gasteiger partial charge < -0.3 is 11.1 Å². The largest absolute Gasteiger partial charge is 0.366 e. The Bertz CT molecular complexity index is 985. The van der Waals surface area contributed by atoms with Crippen LogP contribution >= 0.6 is 0 Å². The van der Waals surface area contributed by atoms with E-state index in [9.17, 15) is 13.6 Å². The van der Waals surface area contributed by atoms with Gasteiger partial charge in [-0.3, -0.25) is 4.79 Å². The maximum absolute atomic E-state index is 14.7. The summed E-state index contributed by atoms with van der Waals surface area (Å²) in [5.74, 6) is -1.44. The van der Waals surface area contributed by atoms with Gasteiger partial charge in [0.1, 0.15) is 23.2 Å². The van der Waals surface area contributed by atoms with Crippen LogP contribution in [0.4, 0.5) is 8.78 Å². The minimum atomic E-state index is -0.980. The number of piperidine rings is 1. The van der Waals surface area contributed by atoms with Gasteiger partial charge in [-0.25, -0.2) is 13.5 Å². The van der Waals surface area contributed by atoms with Gasteiger partial charge in [0.15, 0.2) is 0 Å². The highest BCUT2D eigenvalue weighted by Gasteiger charge is 2.26. The lowest BCUT2D eigenvalue weighted by molar-refractivity contribution is 0.100. The highest BCUT2D eigenvalue weighted by Crippen LogP contribution is 2.29. The van der Waals surface area contributed by atoms with E-state index in [1.54, 1.807) is 36.5 Å². The SMILES string of the molecule is NC(=O)c1cccc2cn(-c3ccc([C@@H]4CNCC[C@H]4F)cc3F)nc12. The first kappa shape index (κ1) is 16.7. The number of rotatable bonds is 3. The van der Waals surface area contributed by atoms with E-state index in [0.29, 0.717) is 36.0 Å². The fourth-order valence-electron chi connectivity index (χ4n) is 3.46. The van der Waals surface area contributed by atoms with Crippen LogP contribution in [0.1, 0.15) is 28.3 Å². The summed E-state index contributed by atoms with van der Waals surface area (Å²) in [5.41, 5.74) is 6.93. The first-order valence-electron chi connectivity index (χ1n) is 8.47. The fourth-order valence-corrected chi connectivity index (χ4v) is 3.46. The van der Waals surface area contributed by atoms with E-state index in [0.717, 1.165) is 0 Å². The number of nitrogens with zero attached hydrogens (tertiary/aromatic N) is 2. The van der Waals surface area contributed by atoms with Crippen molar-refractivity contribution in [1.29, 1.82) is 0 Å². The van der Waals surface area contributed by atoms with Crippen LogP contribution in [0.5, 0.6) is 0 Å². The summed E-state index contributed by atoms with van der Waals surface area (Å²) in [6, 6.07) is 9.73. The number of benzene rings is 2. The number of hydrogen-bond acceptors (Lipinski definition) is 3. The summed E-state index contributed by atoms with van der Waals surface area (Å²) >= 11 is 0. The molecule has 3 N–H and O–H groups in total. The number of nitrogens with one attached hydrogen (secondary N) is 1. The van der Waals surface area contributed by atoms with Crippen molar-refractivity contribution < 1.29 is 13.6 Å². The average molecular weight is 356 g/mol. The third-order valence-corrected chi connectivity index (χ3v) is 4.85. The molecule has 0 bridgehead atoms. The lowest BCUT2D eigenvalue weighted by Gasteiger charge is -2.27. The molecule has 5 nitrogen and oxygen atoms in total. The zero-order valence-corrected chi connectivity index (χ0v) is 14.0. The number of alkyl halides is 1. The lowest BCUT2D eigenvalue weighted by Crippen LogP contribution is -2.36.